The van der Waals surface area contributed by atoms with Crippen molar-refractivity contribution >= 4 is 21.8 Å². The molecule has 59 heavy (non-hydrogen) atoms. The van der Waals surface area contributed by atoms with Crippen molar-refractivity contribution in [1.29, 1.82) is 0 Å². The number of nitrogens with zero attached hydrogens (tertiary/aromatic N) is 4. The number of benzene rings is 8. The van der Waals surface area contributed by atoms with E-state index in [0.717, 1.165) is 60.9 Å². The standard InChI is InChI=1S/C53H36F2N4/c1-33-14-9-11-20-40(33)37-24-27-42-43-28-25-38(41-21-12-10-15-34(41)2)32-49(43)59(48(42)31-37)47-29-26-39(50-45(54)22-13-23-46(50)55)30-44(47)53-57-51(35-16-5-3-6-17-35)56-52(58-53)36-18-7-4-8-19-36/h3-32H,1-2H3. The average molecular weight is 767 g/mol. The fraction of sp³-hybridized carbons (Fsp3) is 0.0377. The summed E-state index contributed by atoms with van der Waals surface area (Å²) in [4.78, 5) is 15.2. The lowest BCUT2D eigenvalue weighted by atomic mass is 9.98. The van der Waals surface area contributed by atoms with Crippen LogP contribution in [0.2, 0.25) is 0 Å². The summed E-state index contributed by atoms with van der Waals surface area (Å²) in [5.41, 5.74) is 11.9. The van der Waals surface area contributed by atoms with Crippen LogP contribution in [0, 0.1) is 25.5 Å². The molecule has 6 heteroatoms. The van der Waals surface area contributed by atoms with Crippen molar-refractivity contribution in [2.45, 2.75) is 13.8 Å². The molecule has 0 aliphatic rings. The molecule has 0 aliphatic heterocycles. The molecule has 0 amide bonds. The molecular formula is C53H36F2N4. The topological polar surface area (TPSA) is 43.6 Å². The predicted molar refractivity (Wildman–Crippen MR) is 236 cm³/mol. The van der Waals surface area contributed by atoms with E-state index in [2.05, 4.69) is 103 Å². The lowest BCUT2D eigenvalue weighted by Crippen LogP contribution is -2.04. The molecule has 0 bridgehead atoms. The largest absolute Gasteiger partial charge is 0.308 e. The summed E-state index contributed by atoms with van der Waals surface area (Å²) >= 11 is 0. The Morgan fingerprint density at radius 1 is 0.373 bits per heavy atom. The molecule has 0 N–H and O–H groups in total. The first-order valence-corrected chi connectivity index (χ1v) is 19.6. The molecule has 0 atom stereocenters. The van der Waals surface area contributed by atoms with E-state index in [9.17, 15) is 0 Å². The average Bonchev–Trinajstić information content (AvgIpc) is 3.60. The van der Waals surface area contributed by atoms with Gasteiger partial charge in [0.25, 0.3) is 0 Å². The van der Waals surface area contributed by atoms with E-state index in [1.807, 2.05) is 72.8 Å². The second-order valence-corrected chi connectivity index (χ2v) is 14.8. The highest BCUT2D eigenvalue weighted by molar-refractivity contribution is 6.11. The fourth-order valence-corrected chi connectivity index (χ4v) is 8.18. The molecule has 0 fully saturated rings. The van der Waals surface area contributed by atoms with Gasteiger partial charge in [-0.05, 0) is 89.2 Å². The summed E-state index contributed by atoms with van der Waals surface area (Å²) in [6.07, 6.45) is 0. The van der Waals surface area contributed by atoms with Crippen molar-refractivity contribution in [2.75, 3.05) is 0 Å². The maximum Gasteiger partial charge on any atom is 0.166 e. The first-order chi connectivity index (χ1) is 28.9. The van der Waals surface area contributed by atoms with Gasteiger partial charge in [0.05, 0.1) is 22.3 Å². The molecule has 0 unspecified atom stereocenters. The molecule has 0 aliphatic carbocycles. The highest BCUT2D eigenvalue weighted by atomic mass is 19.1. The van der Waals surface area contributed by atoms with E-state index < -0.39 is 11.6 Å². The van der Waals surface area contributed by atoms with Crippen LogP contribution in [0.3, 0.4) is 0 Å². The number of hydrogen-bond donors (Lipinski definition) is 0. The van der Waals surface area contributed by atoms with Crippen LogP contribution in [-0.2, 0) is 0 Å². The minimum absolute atomic E-state index is 0.119. The van der Waals surface area contributed by atoms with Crippen LogP contribution in [0.4, 0.5) is 8.78 Å². The van der Waals surface area contributed by atoms with Gasteiger partial charge in [-0.15, -0.1) is 0 Å². The lowest BCUT2D eigenvalue weighted by Gasteiger charge is -2.17. The van der Waals surface area contributed by atoms with Gasteiger partial charge in [0.1, 0.15) is 11.6 Å². The molecular weight excluding hydrogens is 731 g/mol. The Kier molecular flexibility index (Phi) is 8.95. The Morgan fingerprint density at radius 2 is 0.831 bits per heavy atom. The molecule has 2 heterocycles. The van der Waals surface area contributed by atoms with Gasteiger partial charge in [0.2, 0.25) is 0 Å². The molecule has 4 nitrogen and oxygen atoms in total. The maximum absolute atomic E-state index is 15.6. The van der Waals surface area contributed by atoms with E-state index >= 15 is 8.78 Å². The molecule has 0 saturated carbocycles. The number of rotatable bonds is 7. The second-order valence-electron chi connectivity index (χ2n) is 14.8. The Labute approximate surface area is 340 Å². The first kappa shape index (κ1) is 35.8. The van der Waals surface area contributed by atoms with Crippen LogP contribution < -0.4 is 0 Å². The van der Waals surface area contributed by atoms with Crippen molar-refractivity contribution in [2.24, 2.45) is 0 Å². The van der Waals surface area contributed by atoms with E-state index in [1.165, 1.54) is 29.3 Å². The molecule has 10 aromatic rings. The fourth-order valence-electron chi connectivity index (χ4n) is 8.18. The summed E-state index contributed by atoms with van der Waals surface area (Å²) in [5, 5.41) is 2.13. The smallest absolute Gasteiger partial charge is 0.166 e. The van der Waals surface area contributed by atoms with Gasteiger partial charge in [-0.1, -0.05) is 146 Å². The molecule has 8 aromatic carbocycles. The summed E-state index contributed by atoms with van der Waals surface area (Å²) in [6, 6.07) is 59.0. The van der Waals surface area contributed by atoms with Gasteiger partial charge in [-0.3, -0.25) is 0 Å². The van der Waals surface area contributed by atoms with Crippen molar-refractivity contribution in [3.05, 3.63) is 205 Å². The summed E-state index contributed by atoms with van der Waals surface area (Å²) < 4.78 is 33.5. The first-order valence-electron chi connectivity index (χ1n) is 19.6. The number of halogens is 2. The van der Waals surface area contributed by atoms with Crippen molar-refractivity contribution in [3.63, 3.8) is 0 Å². The third-order valence-electron chi connectivity index (χ3n) is 11.1. The second kappa shape index (κ2) is 14.7. The third-order valence-corrected chi connectivity index (χ3v) is 11.1. The Morgan fingerprint density at radius 3 is 1.34 bits per heavy atom. The monoisotopic (exact) mass is 766 g/mol. The minimum atomic E-state index is -0.656. The summed E-state index contributed by atoms with van der Waals surface area (Å²) in [6.45, 7) is 4.25. The molecule has 0 saturated heterocycles. The van der Waals surface area contributed by atoms with Crippen LogP contribution in [0.15, 0.2) is 182 Å². The molecule has 10 rings (SSSR count). The van der Waals surface area contributed by atoms with Crippen LogP contribution in [0.1, 0.15) is 11.1 Å². The number of hydrogen-bond acceptors (Lipinski definition) is 3. The zero-order valence-corrected chi connectivity index (χ0v) is 32.4. The number of fused-ring (bicyclic) bond motifs is 3. The summed E-state index contributed by atoms with van der Waals surface area (Å²) in [7, 11) is 0. The van der Waals surface area contributed by atoms with Crippen molar-refractivity contribution < 1.29 is 8.78 Å². The predicted octanol–water partition coefficient (Wildman–Crippen LogP) is 13.9. The molecule has 0 radical (unpaired) electrons. The van der Waals surface area contributed by atoms with E-state index in [4.69, 9.17) is 15.0 Å². The quantitative estimate of drug-likeness (QED) is 0.162. The Hall–Kier alpha value is -7.57. The lowest BCUT2D eigenvalue weighted by molar-refractivity contribution is 0.589. The van der Waals surface area contributed by atoms with Crippen LogP contribution in [-0.4, -0.2) is 19.5 Å². The normalized spacial score (nSPS) is 11.4. The van der Waals surface area contributed by atoms with E-state index in [1.54, 1.807) is 6.07 Å². The van der Waals surface area contributed by atoms with Gasteiger partial charge in [0, 0.05) is 27.5 Å². The molecule has 0 spiro atoms. The van der Waals surface area contributed by atoms with Gasteiger partial charge < -0.3 is 4.57 Å². The Balaban J connectivity index is 1.33. The van der Waals surface area contributed by atoms with Gasteiger partial charge in [-0.2, -0.15) is 0 Å². The maximum atomic E-state index is 15.6. The van der Waals surface area contributed by atoms with E-state index in [0.29, 0.717) is 28.6 Å². The highest BCUT2D eigenvalue weighted by Gasteiger charge is 2.23. The number of aromatic nitrogens is 4. The van der Waals surface area contributed by atoms with Gasteiger partial charge >= 0.3 is 0 Å². The highest BCUT2D eigenvalue weighted by Crippen LogP contribution is 2.42. The van der Waals surface area contributed by atoms with Gasteiger partial charge in [-0.25, -0.2) is 23.7 Å². The van der Waals surface area contributed by atoms with Crippen LogP contribution in [0.25, 0.3) is 95.0 Å². The van der Waals surface area contributed by atoms with Crippen LogP contribution in [0.5, 0.6) is 0 Å². The number of aryl methyl sites for hydroxylation is 2. The zero-order chi connectivity index (χ0) is 40.0. The Bertz CT molecular complexity index is 3030. The third kappa shape index (κ3) is 6.45. The molecule has 282 valence electrons. The SMILES string of the molecule is Cc1ccccc1-c1ccc2c3ccc(-c4ccccc4C)cc3n(-c3ccc(-c4c(F)cccc4F)cc3-c3nc(-c4ccccc4)nc(-c4ccccc4)n3)c2c1. The van der Waals surface area contributed by atoms with Gasteiger partial charge in [0.15, 0.2) is 17.5 Å². The van der Waals surface area contributed by atoms with Crippen molar-refractivity contribution in [3.8, 4) is 73.2 Å². The zero-order valence-electron chi connectivity index (χ0n) is 32.4. The molecule has 2 aromatic heterocycles. The van der Waals surface area contributed by atoms with E-state index in [-0.39, 0.29) is 5.56 Å². The van der Waals surface area contributed by atoms with Crippen LogP contribution >= 0.6 is 0 Å². The van der Waals surface area contributed by atoms with Crippen molar-refractivity contribution in [1.82, 2.24) is 19.5 Å². The summed E-state index contributed by atoms with van der Waals surface area (Å²) in [5.74, 6) is 0.0165. The minimum Gasteiger partial charge on any atom is -0.308 e.